The van der Waals surface area contributed by atoms with E-state index in [1.807, 2.05) is 0 Å². The number of carbonyl (C=O) groups is 2. The van der Waals surface area contributed by atoms with Gasteiger partial charge in [0.15, 0.2) is 8.32 Å². The maximum Gasteiger partial charge on any atom is 0.255 e. The van der Waals surface area contributed by atoms with Gasteiger partial charge in [-0.25, -0.2) is 0 Å². The molecule has 3 aliphatic rings. The summed E-state index contributed by atoms with van der Waals surface area (Å²) in [6.07, 6.45) is 1.46. The average Bonchev–Trinajstić information content (AvgIpc) is 3.09. The summed E-state index contributed by atoms with van der Waals surface area (Å²) >= 11 is 0. The largest absolute Gasteiger partial charge is 0.412 e. The van der Waals surface area contributed by atoms with Gasteiger partial charge in [0.2, 0.25) is 11.6 Å². The number of hydrogen-bond acceptors (Lipinski definition) is 4. The summed E-state index contributed by atoms with van der Waals surface area (Å²) < 4.78 is 6.44. The Labute approximate surface area is 149 Å². The molecule has 0 N–H and O–H groups in total. The lowest BCUT2D eigenvalue weighted by atomic mass is 10.00. The molecule has 25 heavy (non-hydrogen) atoms. The lowest BCUT2D eigenvalue weighted by Crippen LogP contribution is -2.66. The van der Waals surface area contributed by atoms with E-state index >= 15 is 0 Å². The number of carbonyl (C=O) groups excluding carboxylic acids is 2. The Bertz CT molecular complexity index is 655. The number of nitrogens with zero attached hydrogens (tertiary/aromatic N) is 5. The van der Waals surface area contributed by atoms with Crippen molar-refractivity contribution in [3.8, 4) is 0 Å². The summed E-state index contributed by atoms with van der Waals surface area (Å²) in [7, 11) is -2.06. The van der Waals surface area contributed by atoms with Gasteiger partial charge in [-0.1, -0.05) is 25.9 Å². The Morgan fingerprint density at radius 1 is 1.36 bits per heavy atom. The molecule has 0 aliphatic carbocycles. The van der Waals surface area contributed by atoms with Gasteiger partial charge in [-0.05, 0) is 36.5 Å². The zero-order valence-electron chi connectivity index (χ0n) is 15.7. The van der Waals surface area contributed by atoms with Crippen LogP contribution in [0.2, 0.25) is 18.1 Å². The molecule has 3 rings (SSSR count). The molecule has 3 fully saturated rings. The van der Waals surface area contributed by atoms with Crippen molar-refractivity contribution in [2.24, 2.45) is 5.11 Å². The van der Waals surface area contributed by atoms with Crippen LogP contribution in [0.25, 0.3) is 10.4 Å². The molecule has 0 unspecified atom stereocenters. The maximum atomic E-state index is 13.1. The lowest BCUT2D eigenvalue weighted by Gasteiger charge is -2.44. The highest BCUT2D eigenvalue weighted by Crippen LogP contribution is 2.44. The normalized spacial score (nSPS) is 32.5. The van der Waals surface area contributed by atoms with Gasteiger partial charge < -0.3 is 14.2 Å². The van der Waals surface area contributed by atoms with Crippen LogP contribution < -0.4 is 0 Å². The minimum atomic E-state index is -2.06. The van der Waals surface area contributed by atoms with Crippen LogP contribution in [-0.2, 0) is 14.0 Å². The monoisotopic (exact) mass is 365 g/mol. The van der Waals surface area contributed by atoms with Crippen LogP contribution in [0.15, 0.2) is 5.11 Å². The Kier molecular flexibility index (Phi) is 4.17. The van der Waals surface area contributed by atoms with Crippen LogP contribution in [0.1, 0.15) is 40.0 Å². The summed E-state index contributed by atoms with van der Waals surface area (Å²) in [5, 5.41) is 3.86. The zero-order valence-corrected chi connectivity index (χ0v) is 16.7. The van der Waals surface area contributed by atoms with E-state index in [0.29, 0.717) is 19.5 Å². The van der Waals surface area contributed by atoms with Gasteiger partial charge in [0.1, 0.15) is 6.04 Å². The molecule has 0 saturated carbocycles. The predicted molar refractivity (Wildman–Crippen MR) is 95.0 cm³/mol. The second-order valence-corrected chi connectivity index (χ2v) is 13.6. The molecular formula is C16H27N5O3Si. The van der Waals surface area contributed by atoms with Gasteiger partial charge in [-0.15, -0.1) is 0 Å². The number of piperazine rings is 1. The maximum absolute atomic E-state index is 13.1. The molecule has 0 aromatic carbocycles. The van der Waals surface area contributed by atoms with Crippen LogP contribution >= 0.6 is 0 Å². The van der Waals surface area contributed by atoms with Crippen LogP contribution in [0.3, 0.4) is 0 Å². The van der Waals surface area contributed by atoms with E-state index in [2.05, 4.69) is 43.9 Å². The van der Waals surface area contributed by atoms with E-state index in [9.17, 15) is 9.59 Å². The van der Waals surface area contributed by atoms with Gasteiger partial charge in [-0.2, -0.15) is 0 Å². The molecule has 0 bridgehead atoms. The molecule has 3 atom stereocenters. The highest BCUT2D eigenvalue weighted by molar-refractivity contribution is 6.74. The number of hydrogen-bond donors (Lipinski definition) is 0. The molecule has 138 valence electrons. The molecule has 9 heteroatoms. The smallest absolute Gasteiger partial charge is 0.255 e. The number of azide groups is 1. The highest BCUT2D eigenvalue weighted by Gasteiger charge is 2.62. The number of fused-ring (bicyclic) bond motifs is 2. The van der Waals surface area contributed by atoms with Gasteiger partial charge in [0.05, 0.1) is 6.10 Å². The van der Waals surface area contributed by atoms with Crippen LogP contribution in [0.4, 0.5) is 0 Å². The van der Waals surface area contributed by atoms with Crippen molar-refractivity contribution >= 4 is 20.1 Å². The highest BCUT2D eigenvalue weighted by atomic mass is 28.4. The lowest BCUT2D eigenvalue weighted by molar-refractivity contribution is -0.164. The van der Waals surface area contributed by atoms with Crippen molar-refractivity contribution in [2.45, 2.75) is 76.0 Å². The first-order valence-electron chi connectivity index (χ1n) is 8.90. The second-order valence-electron chi connectivity index (χ2n) is 8.82. The van der Waals surface area contributed by atoms with Gasteiger partial charge in [-0.3, -0.25) is 9.59 Å². The quantitative estimate of drug-likeness (QED) is 0.333. The van der Waals surface area contributed by atoms with E-state index in [0.717, 1.165) is 6.42 Å². The summed E-state index contributed by atoms with van der Waals surface area (Å²) in [6, 6.07) is -0.402. The van der Waals surface area contributed by atoms with Crippen LogP contribution in [0, 0.1) is 0 Å². The third-order valence-corrected chi connectivity index (χ3v) is 10.8. The topological polar surface area (TPSA) is 98.6 Å². The van der Waals surface area contributed by atoms with Crippen molar-refractivity contribution in [3.05, 3.63) is 10.4 Å². The van der Waals surface area contributed by atoms with Gasteiger partial charge >= 0.3 is 0 Å². The van der Waals surface area contributed by atoms with Crippen molar-refractivity contribution < 1.29 is 14.0 Å². The van der Waals surface area contributed by atoms with E-state index < -0.39 is 20.0 Å². The zero-order chi connectivity index (χ0) is 18.6. The molecule has 0 spiro atoms. The summed E-state index contributed by atoms with van der Waals surface area (Å²) in [5.41, 5.74) is 7.63. The molecule has 3 saturated heterocycles. The van der Waals surface area contributed by atoms with Crippen molar-refractivity contribution in [2.75, 3.05) is 13.1 Å². The third kappa shape index (κ3) is 2.65. The molecule has 3 aliphatic heterocycles. The summed E-state index contributed by atoms with van der Waals surface area (Å²) in [6.45, 7) is 11.6. The third-order valence-electron chi connectivity index (χ3n) is 6.23. The van der Waals surface area contributed by atoms with E-state index in [1.165, 1.54) is 4.90 Å². The molecule has 0 aromatic heterocycles. The number of amides is 2. The van der Waals surface area contributed by atoms with E-state index in [1.54, 1.807) is 4.90 Å². The minimum absolute atomic E-state index is 0.0236. The van der Waals surface area contributed by atoms with Gasteiger partial charge in [0.25, 0.3) is 5.91 Å². The fourth-order valence-corrected chi connectivity index (χ4v) is 5.23. The first-order valence-corrected chi connectivity index (χ1v) is 11.8. The van der Waals surface area contributed by atoms with Crippen molar-refractivity contribution in [3.63, 3.8) is 0 Å². The molecule has 0 radical (unpaired) electrons. The second kappa shape index (κ2) is 5.72. The van der Waals surface area contributed by atoms with Crippen molar-refractivity contribution in [1.82, 2.24) is 9.80 Å². The Morgan fingerprint density at radius 2 is 2.04 bits per heavy atom. The summed E-state index contributed by atoms with van der Waals surface area (Å²) in [5.74, 6) is -0.348. The molecule has 2 amide bonds. The number of rotatable bonds is 3. The molecule has 3 heterocycles. The van der Waals surface area contributed by atoms with Crippen molar-refractivity contribution in [1.29, 1.82) is 0 Å². The fraction of sp³-hybridized carbons (Fsp3) is 0.875. The van der Waals surface area contributed by atoms with Gasteiger partial charge in [0, 0.05) is 24.4 Å². The average molecular weight is 366 g/mol. The van der Waals surface area contributed by atoms with Crippen LogP contribution in [0.5, 0.6) is 0 Å². The molecule has 8 nitrogen and oxygen atoms in total. The van der Waals surface area contributed by atoms with E-state index in [-0.39, 0.29) is 29.4 Å². The first-order chi connectivity index (χ1) is 11.5. The SMILES string of the molecule is CC(C)(C)[Si](C)(C)O[C@H]1CN2C(=O)[C@@H]3CCCN3C(=O)[C@]2(N=[N+]=[N-])C1. The van der Waals surface area contributed by atoms with Crippen LogP contribution in [-0.4, -0.2) is 60.8 Å². The Balaban J connectivity index is 1.93. The minimum Gasteiger partial charge on any atom is -0.412 e. The first kappa shape index (κ1) is 18.2. The van der Waals surface area contributed by atoms with E-state index in [4.69, 9.17) is 9.96 Å². The molecular weight excluding hydrogens is 338 g/mol. The molecule has 0 aromatic rings. The Hall–Kier alpha value is -1.57. The standard InChI is InChI=1S/C16H27N5O3Si/c1-15(2,3)25(4,5)24-11-9-16(18-19-17)14(23)20-8-6-7-12(20)13(22)21(16)10-11/h11-12H,6-10H2,1-5H3/t11-,12+,16+/m1/s1. The Morgan fingerprint density at radius 3 is 2.64 bits per heavy atom. The fourth-order valence-electron chi connectivity index (χ4n) is 3.88. The predicted octanol–water partition coefficient (Wildman–Crippen LogP) is 2.62. The summed E-state index contributed by atoms with van der Waals surface area (Å²) in [4.78, 5) is 32.0.